The van der Waals surface area contributed by atoms with E-state index in [9.17, 15) is 9.59 Å². The third-order valence-corrected chi connectivity index (χ3v) is 5.35. The number of anilines is 2. The summed E-state index contributed by atoms with van der Waals surface area (Å²) in [5.74, 6) is 0.699. The van der Waals surface area contributed by atoms with Gasteiger partial charge in [0.25, 0.3) is 5.56 Å². The van der Waals surface area contributed by atoms with Gasteiger partial charge in [0.1, 0.15) is 0 Å². The minimum Gasteiger partial charge on any atom is -0.310 e. The van der Waals surface area contributed by atoms with Crippen molar-refractivity contribution >= 4 is 22.8 Å². The normalized spacial score (nSPS) is 14.6. The van der Waals surface area contributed by atoms with Gasteiger partial charge in [-0.2, -0.15) is 4.98 Å². The molecule has 1 unspecified atom stereocenters. The maximum absolute atomic E-state index is 13.1. The second-order valence-corrected chi connectivity index (χ2v) is 6.90. The fourth-order valence-corrected chi connectivity index (χ4v) is 3.67. The molecule has 140 valence electrons. The molecule has 1 aliphatic rings. The maximum atomic E-state index is 13.1. The highest BCUT2D eigenvalue weighted by Crippen LogP contribution is 2.31. The van der Waals surface area contributed by atoms with Gasteiger partial charge in [-0.05, 0) is 31.0 Å². The zero-order valence-electron chi connectivity index (χ0n) is 15.8. The molecule has 3 aromatic rings. The van der Waals surface area contributed by atoms with Crippen LogP contribution in [0.3, 0.4) is 0 Å². The quantitative estimate of drug-likeness (QED) is 0.666. The van der Waals surface area contributed by atoms with Crippen LogP contribution >= 0.6 is 0 Å². The van der Waals surface area contributed by atoms with Gasteiger partial charge in [-0.25, -0.2) is 4.79 Å². The molecule has 0 N–H and O–H groups in total. The average Bonchev–Trinajstić information content (AvgIpc) is 3.25. The van der Waals surface area contributed by atoms with Gasteiger partial charge in [-0.15, -0.1) is 6.58 Å². The van der Waals surface area contributed by atoms with Gasteiger partial charge in [-0.3, -0.25) is 13.9 Å². The Balaban J connectivity index is 1.93. The third kappa shape index (κ3) is 2.45. The number of rotatable bonds is 4. The zero-order chi connectivity index (χ0) is 19.3. The van der Waals surface area contributed by atoms with Gasteiger partial charge in [0.2, 0.25) is 5.95 Å². The van der Waals surface area contributed by atoms with E-state index in [-0.39, 0.29) is 17.3 Å². The van der Waals surface area contributed by atoms with Gasteiger partial charge in [-0.1, -0.05) is 25.1 Å². The number of allylic oxidation sites excluding steroid dienone is 1. The molecule has 1 atom stereocenters. The third-order valence-electron chi connectivity index (χ3n) is 5.35. The van der Waals surface area contributed by atoms with Crippen molar-refractivity contribution in [3.8, 4) is 0 Å². The van der Waals surface area contributed by atoms with Crippen molar-refractivity contribution in [2.75, 3.05) is 11.4 Å². The van der Waals surface area contributed by atoms with E-state index in [0.29, 0.717) is 23.7 Å². The molecule has 1 aliphatic heterocycles. The molecule has 0 bridgehead atoms. The van der Waals surface area contributed by atoms with E-state index in [0.717, 1.165) is 18.7 Å². The van der Waals surface area contributed by atoms with E-state index in [4.69, 9.17) is 0 Å². The van der Waals surface area contributed by atoms with E-state index in [1.165, 1.54) is 14.7 Å². The zero-order valence-corrected chi connectivity index (χ0v) is 15.8. The van der Waals surface area contributed by atoms with Crippen LogP contribution in [0.15, 0.2) is 46.5 Å². The van der Waals surface area contributed by atoms with Crippen LogP contribution in [0.1, 0.15) is 25.5 Å². The summed E-state index contributed by atoms with van der Waals surface area (Å²) in [5, 5.41) is 0. The summed E-state index contributed by atoms with van der Waals surface area (Å²) in [6.07, 6.45) is 2.58. The second kappa shape index (κ2) is 6.26. The van der Waals surface area contributed by atoms with Crippen molar-refractivity contribution in [1.82, 2.24) is 18.7 Å². The average molecular weight is 365 g/mol. The Morgan fingerprint density at radius 1 is 1.22 bits per heavy atom. The van der Waals surface area contributed by atoms with Gasteiger partial charge < -0.3 is 9.47 Å². The van der Waals surface area contributed by atoms with Gasteiger partial charge >= 0.3 is 5.69 Å². The van der Waals surface area contributed by atoms with Gasteiger partial charge in [0, 0.05) is 25.8 Å². The molecular weight excluding hydrogens is 342 g/mol. The van der Waals surface area contributed by atoms with E-state index < -0.39 is 0 Å². The topological polar surface area (TPSA) is 65.1 Å². The Labute approximate surface area is 156 Å². The summed E-state index contributed by atoms with van der Waals surface area (Å²) >= 11 is 0. The summed E-state index contributed by atoms with van der Waals surface area (Å²) in [5.41, 5.74) is 2.50. The first-order chi connectivity index (χ1) is 13.0. The summed E-state index contributed by atoms with van der Waals surface area (Å²) in [7, 11) is 1.65. The lowest BCUT2D eigenvalue weighted by molar-refractivity contribution is 0.572. The molecule has 0 radical (unpaired) electrons. The Morgan fingerprint density at radius 2 is 1.93 bits per heavy atom. The summed E-state index contributed by atoms with van der Waals surface area (Å²) in [6, 6.07) is 7.98. The van der Waals surface area contributed by atoms with E-state index >= 15 is 0 Å². The van der Waals surface area contributed by atoms with E-state index in [1.54, 1.807) is 20.0 Å². The molecule has 7 nitrogen and oxygen atoms in total. The molecule has 27 heavy (non-hydrogen) atoms. The van der Waals surface area contributed by atoms with Crippen LogP contribution in [0.5, 0.6) is 0 Å². The maximum Gasteiger partial charge on any atom is 0.333 e. The first-order valence-corrected chi connectivity index (χ1v) is 9.18. The molecule has 0 amide bonds. The molecular formula is C20H23N5O2. The Bertz CT molecular complexity index is 1150. The standard InChI is InChI=1S/C20H23N5O2/c1-5-13(3)25-18(26)16-17(22(4)20(25)27)21-19-23(11-12-24(16)19)15-9-7-14(6-2)8-10-15/h5,7-10,13H,1,6,11-12H2,2-4H3. The van der Waals surface area contributed by atoms with Crippen molar-refractivity contribution in [3.63, 3.8) is 0 Å². The predicted octanol–water partition coefficient (Wildman–Crippen LogP) is 2.36. The lowest BCUT2D eigenvalue weighted by Gasteiger charge is -2.16. The second-order valence-electron chi connectivity index (χ2n) is 6.90. The minimum atomic E-state index is -0.383. The van der Waals surface area contributed by atoms with Crippen LogP contribution in [0.25, 0.3) is 11.2 Å². The minimum absolute atomic E-state index is 0.317. The number of benzene rings is 1. The molecule has 0 saturated carbocycles. The van der Waals surface area contributed by atoms with Crippen molar-refractivity contribution in [1.29, 1.82) is 0 Å². The lowest BCUT2D eigenvalue weighted by Crippen LogP contribution is -2.40. The Hall–Kier alpha value is -3.09. The number of aromatic nitrogens is 4. The molecule has 7 heteroatoms. The number of aryl methyl sites for hydroxylation is 2. The molecule has 0 fully saturated rings. The fourth-order valence-electron chi connectivity index (χ4n) is 3.67. The summed E-state index contributed by atoms with van der Waals surface area (Å²) in [6.45, 7) is 9.01. The Morgan fingerprint density at radius 3 is 2.56 bits per heavy atom. The van der Waals surface area contributed by atoms with Crippen molar-refractivity contribution in [2.45, 2.75) is 32.9 Å². The molecule has 3 heterocycles. The number of imidazole rings is 1. The molecule has 2 aromatic heterocycles. The number of hydrogen-bond acceptors (Lipinski definition) is 4. The van der Waals surface area contributed by atoms with Crippen LogP contribution in [0.4, 0.5) is 11.6 Å². The van der Waals surface area contributed by atoms with Gasteiger partial charge in [0.05, 0.1) is 6.04 Å². The van der Waals surface area contributed by atoms with Crippen molar-refractivity contribution < 1.29 is 0 Å². The highest BCUT2D eigenvalue weighted by atomic mass is 16.2. The highest BCUT2D eigenvalue weighted by molar-refractivity contribution is 5.77. The lowest BCUT2D eigenvalue weighted by atomic mass is 10.1. The van der Waals surface area contributed by atoms with Crippen LogP contribution in [0, 0.1) is 0 Å². The van der Waals surface area contributed by atoms with Crippen LogP contribution in [-0.4, -0.2) is 25.2 Å². The fraction of sp³-hybridized carbons (Fsp3) is 0.350. The highest BCUT2D eigenvalue weighted by Gasteiger charge is 2.29. The smallest absolute Gasteiger partial charge is 0.310 e. The van der Waals surface area contributed by atoms with E-state index in [2.05, 4.69) is 47.7 Å². The Kier molecular flexibility index (Phi) is 4.02. The molecule has 4 rings (SSSR count). The SMILES string of the molecule is C=CC(C)n1c(=O)c2c(nc3n2CCN3c2ccc(CC)cc2)n(C)c1=O. The van der Waals surface area contributed by atoms with Gasteiger partial charge in [0.15, 0.2) is 11.2 Å². The van der Waals surface area contributed by atoms with Crippen molar-refractivity contribution in [2.24, 2.45) is 7.05 Å². The first-order valence-electron chi connectivity index (χ1n) is 9.18. The molecule has 0 aliphatic carbocycles. The molecule has 0 spiro atoms. The predicted molar refractivity (Wildman–Crippen MR) is 107 cm³/mol. The van der Waals surface area contributed by atoms with Crippen LogP contribution < -0.4 is 16.1 Å². The number of fused-ring (bicyclic) bond motifs is 3. The molecule has 1 aromatic carbocycles. The molecule has 0 saturated heterocycles. The summed E-state index contributed by atoms with van der Waals surface area (Å²) in [4.78, 5) is 32.5. The van der Waals surface area contributed by atoms with E-state index in [1.807, 2.05) is 4.57 Å². The first kappa shape index (κ1) is 17.3. The largest absolute Gasteiger partial charge is 0.333 e. The van der Waals surface area contributed by atoms with Crippen LogP contribution in [-0.2, 0) is 20.0 Å². The monoisotopic (exact) mass is 365 g/mol. The van der Waals surface area contributed by atoms with Crippen molar-refractivity contribution in [3.05, 3.63) is 63.3 Å². The summed E-state index contributed by atoms with van der Waals surface area (Å²) < 4.78 is 4.60. The number of hydrogen-bond donors (Lipinski definition) is 0. The number of nitrogens with zero attached hydrogens (tertiary/aromatic N) is 5. The van der Waals surface area contributed by atoms with Crippen LogP contribution in [0.2, 0.25) is 0 Å².